The second-order valence-corrected chi connectivity index (χ2v) is 2.82. The fraction of sp³-hybridized carbons (Fsp3) is 0.500. The van der Waals surface area contributed by atoms with Gasteiger partial charge in [-0.05, 0) is 32.4 Å². The SMILES string of the molecule is C/C=C\C=C=C(C)C(O)C(C)N. The fourth-order valence-corrected chi connectivity index (χ4v) is 0.756. The van der Waals surface area contributed by atoms with Gasteiger partial charge in [0.2, 0.25) is 0 Å². The topological polar surface area (TPSA) is 46.2 Å². The van der Waals surface area contributed by atoms with Crippen molar-refractivity contribution < 1.29 is 5.11 Å². The minimum absolute atomic E-state index is 0.239. The summed E-state index contributed by atoms with van der Waals surface area (Å²) >= 11 is 0. The number of hydrogen-bond acceptors (Lipinski definition) is 2. The number of aliphatic hydroxyl groups is 1. The molecule has 0 spiro atoms. The third-order valence-electron chi connectivity index (χ3n) is 1.54. The van der Waals surface area contributed by atoms with Crippen LogP contribution in [-0.2, 0) is 0 Å². The third-order valence-corrected chi connectivity index (χ3v) is 1.54. The average molecular weight is 167 g/mol. The monoisotopic (exact) mass is 167 g/mol. The van der Waals surface area contributed by atoms with Crippen molar-refractivity contribution in [3.8, 4) is 0 Å². The van der Waals surface area contributed by atoms with E-state index in [1.807, 2.05) is 26.0 Å². The van der Waals surface area contributed by atoms with Gasteiger partial charge in [0, 0.05) is 6.04 Å². The molecule has 0 aliphatic heterocycles. The maximum atomic E-state index is 9.43. The van der Waals surface area contributed by atoms with Crippen LogP contribution in [0.25, 0.3) is 0 Å². The number of hydrogen-bond donors (Lipinski definition) is 2. The van der Waals surface area contributed by atoms with Crippen molar-refractivity contribution in [3.63, 3.8) is 0 Å². The van der Waals surface area contributed by atoms with Crippen LogP contribution in [0.15, 0.2) is 29.5 Å². The fourth-order valence-electron chi connectivity index (χ4n) is 0.756. The van der Waals surface area contributed by atoms with Gasteiger partial charge in [0.1, 0.15) is 0 Å². The largest absolute Gasteiger partial charge is 0.387 e. The molecule has 0 aliphatic rings. The van der Waals surface area contributed by atoms with Gasteiger partial charge < -0.3 is 10.8 Å². The van der Waals surface area contributed by atoms with Crippen molar-refractivity contribution in [3.05, 3.63) is 29.5 Å². The molecule has 0 saturated carbocycles. The van der Waals surface area contributed by atoms with Crippen molar-refractivity contribution in [2.24, 2.45) is 5.73 Å². The lowest BCUT2D eigenvalue weighted by Gasteiger charge is -2.12. The quantitative estimate of drug-likeness (QED) is 0.492. The highest BCUT2D eigenvalue weighted by atomic mass is 16.3. The highest BCUT2D eigenvalue weighted by Gasteiger charge is 2.09. The Kier molecular flexibility index (Phi) is 5.39. The maximum Gasteiger partial charge on any atom is 0.0969 e. The van der Waals surface area contributed by atoms with Gasteiger partial charge in [-0.2, -0.15) is 0 Å². The normalized spacial score (nSPS) is 15.4. The Bertz CT molecular complexity index is 210. The zero-order valence-electron chi connectivity index (χ0n) is 7.91. The molecule has 68 valence electrons. The lowest BCUT2D eigenvalue weighted by Crippen LogP contribution is -2.31. The maximum absolute atomic E-state index is 9.43. The van der Waals surface area contributed by atoms with Crippen molar-refractivity contribution in [1.82, 2.24) is 0 Å². The summed E-state index contributed by atoms with van der Waals surface area (Å²) in [5, 5.41) is 9.43. The van der Waals surface area contributed by atoms with Crippen LogP contribution in [-0.4, -0.2) is 17.3 Å². The molecule has 0 bridgehead atoms. The zero-order valence-corrected chi connectivity index (χ0v) is 7.91. The second-order valence-electron chi connectivity index (χ2n) is 2.82. The molecule has 2 atom stereocenters. The van der Waals surface area contributed by atoms with Gasteiger partial charge in [-0.3, -0.25) is 0 Å². The standard InChI is InChI=1S/C10H17NO/c1-4-5-6-7-8(2)10(12)9(3)11/h4-6,9-10,12H,11H2,1-3H3/b5-4-. The summed E-state index contributed by atoms with van der Waals surface area (Å²) in [6, 6.07) is -0.239. The third kappa shape index (κ3) is 4.14. The van der Waals surface area contributed by atoms with Gasteiger partial charge in [-0.25, -0.2) is 0 Å². The molecule has 2 unspecified atom stereocenters. The molecular weight excluding hydrogens is 150 g/mol. The second kappa shape index (κ2) is 5.78. The van der Waals surface area contributed by atoms with Crippen molar-refractivity contribution in [2.75, 3.05) is 0 Å². The Balaban J connectivity index is 4.36. The van der Waals surface area contributed by atoms with Crippen LogP contribution in [0.2, 0.25) is 0 Å². The van der Waals surface area contributed by atoms with Crippen LogP contribution in [0.3, 0.4) is 0 Å². The molecular formula is C10H17NO. The minimum Gasteiger partial charge on any atom is -0.387 e. The van der Waals surface area contributed by atoms with E-state index < -0.39 is 6.10 Å². The van der Waals surface area contributed by atoms with E-state index >= 15 is 0 Å². The average Bonchev–Trinajstić information content (AvgIpc) is 2.03. The first-order valence-electron chi connectivity index (χ1n) is 4.07. The van der Waals surface area contributed by atoms with E-state index in [9.17, 15) is 5.11 Å². The molecule has 0 radical (unpaired) electrons. The van der Waals surface area contributed by atoms with Crippen LogP contribution in [0.4, 0.5) is 0 Å². The van der Waals surface area contributed by atoms with Gasteiger partial charge in [0.15, 0.2) is 0 Å². The molecule has 0 aromatic heterocycles. The Labute approximate surface area is 74.1 Å². The van der Waals surface area contributed by atoms with Crippen molar-refractivity contribution in [1.29, 1.82) is 0 Å². The van der Waals surface area contributed by atoms with Crippen molar-refractivity contribution >= 4 is 0 Å². The number of nitrogens with two attached hydrogens (primary N) is 1. The Hall–Kier alpha value is -0.820. The lowest BCUT2D eigenvalue weighted by atomic mass is 10.1. The van der Waals surface area contributed by atoms with E-state index in [0.717, 1.165) is 5.57 Å². The van der Waals surface area contributed by atoms with Crippen LogP contribution >= 0.6 is 0 Å². The highest BCUT2D eigenvalue weighted by Crippen LogP contribution is 2.01. The molecule has 0 heterocycles. The van der Waals surface area contributed by atoms with Gasteiger partial charge in [-0.15, -0.1) is 5.73 Å². The smallest absolute Gasteiger partial charge is 0.0969 e. The number of aliphatic hydroxyl groups excluding tert-OH is 1. The molecule has 12 heavy (non-hydrogen) atoms. The summed E-state index contributed by atoms with van der Waals surface area (Å²) in [4.78, 5) is 0. The van der Waals surface area contributed by atoms with Crippen LogP contribution in [0.1, 0.15) is 20.8 Å². The Morgan fingerprint density at radius 3 is 2.58 bits per heavy atom. The molecule has 3 N–H and O–H groups in total. The van der Waals surface area contributed by atoms with Gasteiger partial charge >= 0.3 is 0 Å². The number of rotatable bonds is 3. The van der Waals surface area contributed by atoms with E-state index in [1.165, 1.54) is 0 Å². The van der Waals surface area contributed by atoms with Crippen LogP contribution in [0, 0.1) is 0 Å². The summed E-state index contributed by atoms with van der Waals surface area (Å²) in [5.74, 6) is 0. The van der Waals surface area contributed by atoms with Crippen LogP contribution in [0.5, 0.6) is 0 Å². The molecule has 0 saturated heterocycles. The zero-order chi connectivity index (χ0) is 9.56. The van der Waals surface area contributed by atoms with E-state index in [0.29, 0.717) is 0 Å². The molecule has 0 aliphatic carbocycles. The molecule has 2 nitrogen and oxygen atoms in total. The van der Waals surface area contributed by atoms with E-state index in [2.05, 4.69) is 5.73 Å². The van der Waals surface area contributed by atoms with Gasteiger partial charge in [-0.1, -0.05) is 12.2 Å². The summed E-state index contributed by atoms with van der Waals surface area (Å²) in [6.07, 6.45) is 4.93. The summed E-state index contributed by atoms with van der Waals surface area (Å²) < 4.78 is 0. The predicted molar refractivity (Wildman–Crippen MR) is 51.7 cm³/mol. The molecule has 0 amide bonds. The minimum atomic E-state index is -0.591. The molecule has 0 fully saturated rings. The first kappa shape index (κ1) is 11.2. The van der Waals surface area contributed by atoms with E-state index in [4.69, 9.17) is 5.73 Å². The molecule has 0 aromatic carbocycles. The first-order valence-corrected chi connectivity index (χ1v) is 4.07. The molecule has 0 aromatic rings. The van der Waals surface area contributed by atoms with E-state index in [-0.39, 0.29) is 6.04 Å². The van der Waals surface area contributed by atoms with Gasteiger partial charge in [0.25, 0.3) is 0 Å². The van der Waals surface area contributed by atoms with Crippen molar-refractivity contribution in [2.45, 2.75) is 32.9 Å². The van der Waals surface area contributed by atoms with Crippen LogP contribution < -0.4 is 5.73 Å². The Morgan fingerprint density at radius 1 is 1.58 bits per heavy atom. The lowest BCUT2D eigenvalue weighted by molar-refractivity contribution is 0.186. The Morgan fingerprint density at radius 2 is 2.17 bits per heavy atom. The summed E-state index contributed by atoms with van der Waals surface area (Å²) in [6.45, 7) is 5.51. The highest BCUT2D eigenvalue weighted by molar-refractivity contribution is 5.11. The number of allylic oxidation sites excluding steroid dienone is 2. The first-order chi connectivity index (χ1) is 5.59. The van der Waals surface area contributed by atoms with Gasteiger partial charge in [0.05, 0.1) is 6.10 Å². The molecule has 2 heteroatoms. The van der Waals surface area contributed by atoms with E-state index in [1.54, 1.807) is 13.0 Å². The molecule has 0 rings (SSSR count). The summed E-state index contributed by atoms with van der Waals surface area (Å²) in [7, 11) is 0. The summed E-state index contributed by atoms with van der Waals surface area (Å²) in [5.41, 5.74) is 9.20. The predicted octanol–water partition coefficient (Wildman–Crippen LogP) is 1.37.